The Hall–Kier alpha value is -2.89. The summed E-state index contributed by atoms with van der Waals surface area (Å²) in [6, 6.07) is 38.5. The van der Waals surface area contributed by atoms with Crippen molar-refractivity contribution in [3.8, 4) is 45.0 Å². The molecule has 0 unspecified atom stereocenters. The van der Waals surface area contributed by atoms with Crippen molar-refractivity contribution < 1.29 is 65.4 Å². The Morgan fingerprint density at radius 1 is 0.500 bits per heavy atom. The van der Waals surface area contributed by atoms with Gasteiger partial charge in [-0.15, -0.1) is 107 Å². The largest absolute Gasteiger partial charge is 3.00 e. The molecular formula is C50H68N6Y2. The molecule has 58 heavy (non-hydrogen) atoms. The van der Waals surface area contributed by atoms with Crippen molar-refractivity contribution in [2.75, 3.05) is 0 Å². The summed E-state index contributed by atoms with van der Waals surface area (Å²) in [6.45, 7) is 42.1. The van der Waals surface area contributed by atoms with Crippen LogP contribution in [0, 0.1) is 63.5 Å². The van der Waals surface area contributed by atoms with E-state index in [0.29, 0.717) is 23.7 Å². The van der Waals surface area contributed by atoms with Crippen LogP contribution in [-0.2, 0) is 78.5 Å². The zero-order valence-corrected chi connectivity index (χ0v) is 43.3. The molecule has 0 bridgehead atoms. The van der Waals surface area contributed by atoms with Crippen LogP contribution in [0.3, 0.4) is 0 Å². The van der Waals surface area contributed by atoms with E-state index in [1.165, 1.54) is 0 Å². The molecule has 8 heteroatoms. The first-order valence-corrected chi connectivity index (χ1v) is 20.1. The van der Waals surface area contributed by atoms with Gasteiger partial charge in [-0.3, -0.25) is 9.36 Å². The molecule has 2 aromatic heterocycles. The SMILES string of the molecule is CC.CC.[CH2-]C(C)C.[CH2-]C(C)C.[CH2-]c1ccccc1-c1c(-c2[c-]cccc2)nnn1CC(C)C.[CH2-]c1ccccc1-c1nnn(CC(C)C)c1-c1[c-]cccc1.[Y+3].[Y+3]. The fraction of sp³-hybridized carbons (Fsp3) is 0.360. The number of hydrogen-bond acceptors (Lipinski definition) is 4. The Kier molecular flexibility index (Phi) is 31.5. The van der Waals surface area contributed by atoms with Gasteiger partial charge < -0.3 is 13.8 Å². The first-order chi connectivity index (χ1) is 26.8. The summed E-state index contributed by atoms with van der Waals surface area (Å²) in [5, 5.41) is 17.6. The molecule has 0 atom stereocenters. The number of nitrogens with zero attached hydrogens (tertiary/aromatic N) is 6. The molecule has 0 N–H and O–H groups in total. The van der Waals surface area contributed by atoms with Crippen LogP contribution in [0.2, 0.25) is 0 Å². The van der Waals surface area contributed by atoms with E-state index < -0.39 is 0 Å². The van der Waals surface area contributed by atoms with E-state index in [-0.39, 0.29) is 65.4 Å². The van der Waals surface area contributed by atoms with Gasteiger partial charge in [0.05, 0.1) is 0 Å². The van der Waals surface area contributed by atoms with Crippen LogP contribution in [0.5, 0.6) is 0 Å². The van der Waals surface area contributed by atoms with Crippen molar-refractivity contribution >= 4 is 0 Å². The third kappa shape index (κ3) is 19.9. The average Bonchev–Trinajstić information content (AvgIpc) is 3.77. The number of benzene rings is 4. The van der Waals surface area contributed by atoms with Crippen molar-refractivity contribution in [3.05, 3.63) is 148 Å². The summed E-state index contributed by atoms with van der Waals surface area (Å²) in [6.07, 6.45) is 0. The van der Waals surface area contributed by atoms with E-state index in [4.69, 9.17) is 0 Å². The third-order valence-corrected chi connectivity index (χ3v) is 7.02. The quantitative estimate of drug-likeness (QED) is 0.143. The minimum Gasteiger partial charge on any atom is -0.341 e. The molecule has 0 spiro atoms. The zero-order chi connectivity index (χ0) is 42.2. The monoisotopic (exact) mass is 930 g/mol. The van der Waals surface area contributed by atoms with Crippen LogP contribution < -0.4 is 0 Å². The van der Waals surface area contributed by atoms with Crippen molar-refractivity contribution in [2.24, 2.45) is 23.7 Å². The van der Waals surface area contributed by atoms with Gasteiger partial charge in [0, 0.05) is 30.2 Å². The maximum absolute atomic E-state index is 4.43. The van der Waals surface area contributed by atoms with Crippen LogP contribution in [0.1, 0.15) is 94.2 Å². The first kappa shape index (κ1) is 57.2. The minimum atomic E-state index is 0. The van der Waals surface area contributed by atoms with Crippen molar-refractivity contribution in [3.63, 3.8) is 0 Å². The Morgan fingerprint density at radius 3 is 1.26 bits per heavy atom. The molecule has 0 amide bonds. The molecule has 304 valence electrons. The second-order valence-corrected chi connectivity index (χ2v) is 14.4. The predicted molar refractivity (Wildman–Crippen MR) is 241 cm³/mol. The van der Waals surface area contributed by atoms with Crippen LogP contribution in [0.4, 0.5) is 0 Å². The Bertz CT molecular complexity index is 1880. The summed E-state index contributed by atoms with van der Waals surface area (Å²) >= 11 is 0. The van der Waals surface area contributed by atoms with Gasteiger partial charge in [0.1, 0.15) is 0 Å². The van der Waals surface area contributed by atoms with E-state index in [2.05, 4.69) is 122 Å². The molecule has 0 aliphatic heterocycles. The van der Waals surface area contributed by atoms with E-state index in [1.807, 2.05) is 128 Å². The molecule has 0 aliphatic rings. The second kappa shape index (κ2) is 32.0. The summed E-state index contributed by atoms with van der Waals surface area (Å²) < 4.78 is 3.95. The molecule has 0 saturated heterocycles. The Balaban J connectivity index is 0. The molecule has 6 nitrogen and oxygen atoms in total. The smallest absolute Gasteiger partial charge is 0.341 e. The summed E-state index contributed by atoms with van der Waals surface area (Å²) in [7, 11) is 0. The molecule has 0 aliphatic carbocycles. The van der Waals surface area contributed by atoms with Crippen molar-refractivity contribution in [1.29, 1.82) is 0 Å². The number of aromatic nitrogens is 6. The standard InChI is InChI=1S/2C19H19N3.2C4H9.2C2H6.2Y/c1-14(2)13-22-19(16-10-5-4-6-11-16)18(20-21-22)17-12-8-7-9-15(17)3;1-14(2)13-22-19(17-12-8-7-9-15(17)3)18(20-21-22)16-10-5-4-6-11-16;2*1-4(2)3;2*1-2;;/h2*4-10,12,14H,3,13H2,1-2H3;2*4H,1H2,2-3H3;2*1-2H3;;/q2*-2;2*-1;;;2*+3. The van der Waals surface area contributed by atoms with Gasteiger partial charge in [0.2, 0.25) is 0 Å². The summed E-state index contributed by atoms with van der Waals surface area (Å²) in [5.41, 5.74) is 9.73. The van der Waals surface area contributed by atoms with E-state index >= 15 is 0 Å². The fourth-order valence-electron chi connectivity index (χ4n) is 5.05. The van der Waals surface area contributed by atoms with E-state index in [9.17, 15) is 0 Å². The Labute approximate surface area is 404 Å². The molecule has 0 fully saturated rings. The topological polar surface area (TPSA) is 61.4 Å². The molecule has 0 radical (unpaired) electrons. The third-order valence-electron chi connectivity index (χ3n) is 7.02. The van der Waals surface area contributed by atoms with Gasteiger partial charge in [-0.2, -0.15) is 59.1 Å². The van der Waals surface area contributed by atoms with Gasteiger partial charge in [0.25, 0.3) is 0 Å². The molecule has 0 saturated carbocycles. The number of hydrogen-bond donors (Lipinski definition) is 0. The molecule has 4 aromatic carbocycles. The van der Waals surface area contributed by atoms with Gasteiger partial charge >= 0.3 is 65.4 Å². The number of rotatable bonds is 8. The summed E-state index contributed by atoms with van der Waals surface area (Å²) in [4.78, 5) is 0. The molecular weight excluding hydrogens is 862 g/mol. The first-order valence-electron chi connectivity index (χ1n) is 20.1. The maximum atomic E-state index is 4.43. The van der Waals surface area contributed by atoms with Gasteiger partial charge in [-0.05, 0) is 17.5 Å². The van der Waals surface area contributed by atoms with Crippen LogP contribution >= 0.6 is 0 Å². The van der Waals surface area contributed by atoms with Gasteiger partial charge in [-0.25, -0.2) is 0 Å². The summed E-state index contributed by atoms with van der Waals surface area (Å²) in [5.74, 6) is 2.15. The van der Waals surface area contributed by atoms with Gasteiger partial charge in [0.15, 0.2) is 0 Å². The molecule has 6 aromatic rings. The average molecular weight is 931 g/mol. The zero-order valence-electron chi connectivity index (χ0n) is 37.6. The normalized spacial score (nSPS) is 9.83. The van der Waals surface area contributed by atoms with Crippen LogP contribution in [0.15, 0.2) is 97.1 Å². The maximum Gasteiger partial charge on any atom is 3.00 e. The molecule has 2 heterocycles. The second-order valence-electron chi connectivity index (χ2n) is 14.4. The fourth-order valence-corrected chi connectivity index (χ4v) is 5.05. The van der Waals surface area contributed by atoms with Crippen LogP contribution in [0.25, 0.3) is 45.0 Å². The Morgan fingerprint density at radius 2 is 0.862 bits per heavy atom. The predicted octanol–water partition coefficient (Wildman–Crippen LogP) is 13.5. The molecule has 6 rings (SSSR count). The van der Waals surface area contributed by atoms with Crippen LogP contribution in [-0.4, -0.2) is 30.0 Å². The van der Waals surface area contributed by atoms with E-state index in [1.54, 1.807) is 0 Å². The van der Waals surface area contributed by atoms with Gasteiger partial charge in [-0.1, -0.05) is 106 Å². The van der Waals surface area contributed by atoms with Crippen molar-refractivity contribution in [1.82, 2.24) is 30.0 Å². The van der Waals surface area contributed by atoms with E-state index in [0.717, 1.165) is 69.2 Å². The van der Waals surface area contributed by atoms with Crippen molar-refractivity contribution in [2.45, 2.75) is 96.2 Å². The minimum absolute atomic E-state index is 0.